The van der Waals surface area contributed by atoms with Crippen molar-refractivity contribution in [2.24, 2.45) is 11.3 Å². The van der Waals surface area contributed by atoms with Crippen LogP contribution in [0.2, 0.25) is 0 Å². The first-order chi connectivity index (χ1) is 12.6. The lowest BCUT2D eigenvalue weighted by Crippen LogP contribution is -2.68. The highest BCUT2D eigenvalue weighted by atomic mass is 16.5. The molecule has 3 atom stereocenters. The van der Waals surface area contributed by atoms with E-state index in [4.69, 9.17) is 4.74 Å². The average molecular weight is 354 g/mol. The molecule has 0 amide bonds. The molecule has 0 radical (unpaired) electrons. The summed E-state index contributed by atoms with van der Waals surface area (Å²) in [5.41, 5.74) is 3.20. The van der Waals surface area contributed by atoms with Crippen molar-refractivity contribution in [1.29, 1.82) is 0 Å². The summed E-state index contributed by atoms with van der Waals surface area (Å²) in [6, 6.07) is 7.27. The Morgan fingerprint density at radius 3 is 2.85 bits per heavy atom. The Morgan fingerprint density at radius 1 is 1.27 bits per heavy atom. The summed E-state index contributed by atoms with van der Waals surface area (Å²) in [4.78, 5) is 15.5. The van der Waals surface area contributed by atoms with Gasteiger partial charge in [-0.2, -0.15) is 0 Å². The number of methoxy groups -OCH3 is 1. The summed E-state index contributed by atoms with van der Waals surface area (Å²) in [7, 11) is 1.75. The van der Waals surface area contributed by atoms with Crippen LogP contribution in [0.15, 0.2) is 18.2 Å². The number of carbonyl (C=O) groups excluding carboxylic acids is 1. The minimum Gasteiger partial charge on any atom is -0.497 e. The van der Waals surface area contributed by atoms with E-state index >= 15 is 0 Å². The lowest BCUT2D eigenvalue weighted by Gasteiger charge is -2.66. The molecule has 0 N–H and O–H groups in total. The normalized spacial score (nSPS) is 36.4. The highest BCUT2D eigenvalue weighted by molar-refractivity contribution is 5.82. The van der Waals surface area contributed by atoms with Crippen LogP contribution >= 0.6 is 0 Å². The van der Waals surface area contributed by atoms with E-state index in [1.807, 2.05) is 0 Å². The molecule has 3 aliphatic carbocycles. The zero-order chi connectivity index (χ0) is 17.9. The molecule has 1 aromatic carbocycles. The third-order valence-electron chi connectivity index (χ3n) is 8.27. The minimum absolute atomic E-state index is 0.0317. The maximum absolute atomic E-state index is 12.7. The standard InChI is InChI=1S/C23H31NO2/c1-3-22-9-8-18(25)14-23(22)10-11-24(15-16-4-5-16)21(22)12-17-6-7-19(26-2)13-20(17)23/h6-7,13,16,21H,3-5,8-12,14-15H2,1-2H3/t21-,22+,23-/m1/s1. The molecule has 140 valence electrons. The Hall–Kier alpha value is -1.35. The number of likely N-dealkylation sites (tertiary alicyclic amines) is 1. The molecule has 3 heteroatoms. The molecule has 3 fully saturated rings. The molecule has 1 aliphatic heterocycles. The predicted octanol–water partition coefficient (Wildman–Crippen LogP) is 4.12. The van der Waals surface area contributed by atoms with Crippen molar-refractivity contribution in [3.05, 3.63) is 29.3 Å². The van der Waals surface area contributed by atoms with Crippen LogP contribution in [0.3, 0.4) is 0 Å². The molecule has 3 nitrogen and oxygen atoms in total. The number of ether oxygens (including phenoxy) is 1. The van der Waals surface area contributed by atoms with Gasteiger partial charge in [-0.05, 0) is 79.7 Å². The number of rotatable bonds is 4. The Kier molecular flexibility index (Phi) is 3.76. The molecule has 0 aromatic heterocycles. The van der Waals surface area contributed by atoms with Crippen LogP contribution in [0.4, 0.5) is 0 Å². The number of hydrogen-bond acceptors (Lipinski definition) is 3. The maximum atomic E-state index is 12.7. The van der Waals surface area contributed by atoms with Gasteiger partial charge in [-0.15, -0.1) is 0 Å². The Balaban J connectivity index is 1.67. The number of nitrogens with zero attached hydrogens (tertiary/aromatic N) is 1. The van der Waals surface area contributed by atoms with Gasteiger partial charge < -0.3 is 4.74 Å². The number of piperidine rings is 1. The van der Waals surface area contributed by atoms with E-state index in [0.29, 0.717) is 11.8 Å². The predicted molar refractivity (Wildman–Crippen MR) is 103 cm³/mol. The zero-order valence-corrected chi connectivity index (χ0v) is 16.2. The van der Waals surface area contributed by atoms with Gasteiger partial charge in [0, 0.05) is 30.8 Å². The van der Waals surface area contributed by atoms with Crippen LogP contribution < -0.4 is 4.74 Å². The zero-order valence-electron chi connectivity index (χ0n) is 16.2. The topological polar surface area (TPSA) is 29.5 Å². The summed E-state index contributed by atoms with van der Waals surface area (Å²) in [5.74, 6) is 2.35. The molecule has 4 aliphatic rings. The van der Waals surface area contributed by atoms with E-state index in [0.717, 1.165) is 50.3 Å². The van der Waals surface area contributed by atoms with Gasteiger partial charge in [0.2, 0.25) is 0 Å². The molecule has 2 saturated carbocycles. The Morgan fingerprint density at radius 2 is 2.12 bits per heavy atom. The van der Waals surface area contributed by atoms with Gasteiger partial charge in [0.25, 0.3) is 0 Å². The number of Topliss-reactive ketones (excluding diaryl/α,β-unsaturated/α-hetero) is 1. The van der Waals surface area contributed by atoms with E-state index < -0.39 is 0 Å². The summed E-state index contributed by atoms with van der Waals surface area (Å²) in [5, 5.41) is 0. The number of carbonyl (C=O) groups is 1. The fourth-order valence-electron chi connectivity index (χ4n) is 6.80. The number of benzene rings is 1. The van der Waals surface area contributed by atoms with Crippen molar-refractivity contribution < 1.29 is 9.53 Å². The smallest absolute Gasteiger partial charge is 0.133 e. The second-order valence-electron chi connectivity index (χ2n) is 9.24. The van der Waals surface area contributed by atoms with Crippen molar-refractivity contribution >= 4 is 5.78 Å². The van der Waals surface area contributed by atoms with E-state index in [2.05, 4.69) is 30.0 Å². The second kappa shape index (κ2) is 5.82. The SMILES string of the molecule is CC[C@@]12CCC(=O)C[C@@]13CCN(CC1CC1)[C@@H]2Cc1ccc(OC)cc13. The molecule has 1 aromatic rings. The molecule has 2 bridgehead atoms. The first-order valence-electron chi connectivity index (χ1n) is 10.5. The average Bonchev–Trinajstić information content (AvgIpc) is 3.47. The van der Waals surface area contributed by atoms with Gasteiger partial charge in [-0.3, -0.25) is 9.69 Å². The third kappa shape index (κ3) is 2.19. The van der Waals surface area contributed by atoms with Crippen molar-refractivity contribution in [2.45, 2.75) is 69.7 Å². The lowest BCUT2D eigenvalue weighted by molar-refractivity contribution is -0.140. The van der Waals surface area contributed by atoms with Crippen LogP contribution in [-0.2, 0) is 16.6 Å². The number of ketones is 1. The highest BCUT2D eigenvalue weighted by Crippen LogP contribution is 2.64. The van der Waals surface area contributed by atoms with E-state index in [1.165, 1.54) is 36.9 Å². The van der Waals surface area contributed by atoms with Gasteiger partial charge in [0.1, 0.15) is 11.5 Å². The summed E-state index contributed by atoms with van der Waals surface area (Å²) in [6.07, 6.45) is 8.90. The molecular weight excluding hydrogens is 322 g/mol. The van der Waals surface area contributed by atoms with Crippen molar-refractivity contribution in [1.82, 2.24) is 4.90 Å². The van der Waals surface area contributed by atoms with Crippen LogP contribution in [0.1, 0.15) is 63.0 Å². The van der Waals surface area contributed by atoms with Gasteiger partial charge in [0.05, 0.1) is 7.11 Å². The van der Waals surface area contributed by atoms with Gasteiger partial charge in [0.15, 0.2) is 0 Å². The fourth-order valence-corrected chi connectivity index (χ4v) is 6.80. The molecular formula is C23H31NO2. The van der Waals surface area contributed by atoms with Crippen LogP contribution in [-0.4, -0.2) is 36.9 Å². The Bertz CT molecular complexity index is 740. The monoisotopic (exact) mass is 353 g/mol. The largest absolute Gasteiger partial charge is 0.497 e. The molecule has 26 heavy (non-hydrogen) atoms. The van der Waals surface area contributed by atoms with Crippen molar-refractivity contribution in [2.75, 3.05) is 20.2 Å². The molecule has 5 rings (SSSR count). The van der Waals surface area contributed by atoms with Crippen LogP contribution in [0.5, 0.6) is 5.75 Å². The van der Waals surface area contributed by atoms with Crippen LogP contribution in [0.25, 0.3) is 0 Å². The quantitative estimate of drug-likeness (QED) is 0.815. The molecule has 1 saturated heterocycles. The van der Waals surface area contributed by atoms with Gasteiger partial charge in [-0.1, -0.05) is 13.0 Å². The van der Waals surface area contributed by atoms with Crippen molar-refractivity contribution in [3.8, 4) is 5.75 Å². The van der Waals surface area contributed by atoms with E-state index in [9.17, 15) is 4.79 Å². The van der Waals surface area contributed by atoms with Crippen molar-refractivity contribution in [3.63, 3.8) is 0 Å². The van der Waals surface area contributed by atoms with E-state index in [-0.39, 0.29) is 10.8 Å². The lowest BCUT2D eigenvalue weighted by atomic mass is 9.43. The molecule has 1 heterocycles. The maximum Gasteiger partial charge on any atom is 0.133 e. The van der Waals surface area contributed by atoms with E-state index in [1.54, 1.807) is 7.11 Å². The van der Waals surface area contributed by atoms with Crippen LogP contribution in [0, 0.1) is 11.3 Å². The third-order valence-corrected chi connectivity index (χ3v) is 8.27. The van der Waals surface area contributed by atoms with Gasteiger partial charge >= 0.3 is 0 Å². The molecule has 0 unspecified atom stereocenters. The highest BCUT2D eigenvalue weighted by Gasteiger charge is 2.64. The fraction of sp³-hybridized carbons (Fsp3) is 0.696. The summed E-state index contributed by atoms with van der Waals surface area (Å²) >= 11 is 0. The summed E-state index contributed by atoms with van der Waals surface area (Å²) in [6.45, 7) is 4.82. The molecule has 0 spiro atoms. The number of hydrogen-bond donors (Lipinski definition) is 0. The van der Waals surface area contributed by atoms with Gasteiger partial charge in [-0.25, -0.2) is 0 Å². The summed E-state index contributed by atoms with van der Waals surface area (Å²) < 4.78 is 5.57. The first kappa shape index (κ1) is 16.8. The number of fused-ring (bicyclic) bond motifs is 1. The first-order valence-corrected chi connectivity index (χ1v) is 10.5. The second-order valence-corrected chi connectivity index (χ2v) is 9.24. The Labute approximate surface area is 157 Å². The minimum atomic E-state index is 0.0317.